The number of aryl methyl sites for hydroxylation is 1. The van der Waals surface area contributed by atoms with E-state index >= 15 is 0 Å². The van der Waals surface area contributed by atoms with Crippen molar-refractivity contribution in [3.8, 4) is 5.75 Å². The van der Waals surface area contributed by atoms with Crippen LogP contribution < -0.4 is 4.74 Å². The molecule has 0 atom stereocenters. The highest BCUT2D eigenvalue weighted by atomic mass is 35.5. The summed E-state index contributed by atoms with van der Waals surface area (Å²) in [7, 11) is 0. The molecule has 23 heavy (non-hydrogen) atoms. The average Bonchev–Trinajstić information content (AvgIpc) is 3.01. The number of nitrogens with zero attached hydrogens (tertiary/aromatic N) is 1. The largest absolute Gasteiger partial charge is 0.489 e. The van der Waals surface area contributed by atoms with Gasteiger partial charge in [-0.05, 0) is 25.1 Å². The molecule has 1 N–H and O–H groups in total. The number of aromatic nitrogens is 2. The van der Waals surface area contributed by atoms with Crippen LogP contribution in [0, 0.1) is 6.92 Å². The molecule has 0 radical (unpaired) electrons. The number of benzene rings is 2. The van der Waals surface area contributed by atoms with Gasteiger partial charge in [-0.1, -0.05) is 47.0 Å². The van der Waals surface area contributed by atoms with Crippen LogP contribution in [-0.4, -0.2) is 9.97 Å². The molecule has 5 heteroatoms. The van der Waals surface area contributed by atoms with Gasteiger partial charge in [-0.3, -0.25) is 0 Å². The predicted molar refractivity (Wildman–Crippen MR) is 93.4 cm³/mol. The Bertz CT molecular complexity index is 801. The average molecular weight is 347 g/mol. The minimum atomic E-state index is 0.393. The minimum Gasteiger partial charge on any atom is -0.489 e. The number of halogens is 2. The van der Waals surface area contributed by atoms with E-state index in [1.165, 1.54) is 5.56 Å². The second-order valence-electron chi connectivity index (χ2n) is 5.35. The molecule has 3 rings (SSSR count). The summed E-state index contributed by atoms with van der Waals surface area (Å²) in [5.41, 5.74) is 3.18. The quantitative estimate of drug-likeness (QED) is 0.689. The zero-order valence-corrected chi connectivity index (χ0v) is 14.2. The molecule has 0 saturated heterocycles. The Morgan fingerprint density at radius 3 is 2.70 bits per heavy atom. The predicted octanol–water partition coefficient (Wildman–Crippen LogP) is 5.19. The summed E-state index contributed by atoms with van der Waals surface area (Å²) in [5, 5.41) is 1.23. The highest BCUT2D eigenvalue weighted by Crippen LogP contribution is 2.26. The summed E-state index contributed by atoms with van der Waals surface area (Å²) in [4.78, 5) is 7.40. The van der Waals surface area contributed by atoms with Crippen molar-refractivity contribution >= 4 is 23.2 Å². The monoisotopic (exact) mass is 346 g/mol. The molecule has 2 aromatic carbocycles. The van der Waals surface area contributed by atoms with Gasteiger partial charge >= 0.3 is 0 Å². The molecular formula is C18H16Cl2N2O. The van der Waals surface area contributed by atoms with Crippen molar-refractivity contribution < 1.29 is 4.74 Å². The lowest BCUT2D eigenvalue weighted by Crippen LogP contribution is -2.01. The normalized spacial score (nSPS) is 10.7. The minimum absolute atomic E-state index is 0.393. The Labute approximate surface area is 145 Å². The Morgan fingerprint density at radius 2 is 1.96 bits per heavy atom. The molecule has 118 valence electrons. The highest BCUT2D eigenvalue weighted by molar-refractivity contribution is 6.35. The van der Waals surface area contributed by atoms with Crippen LogP contribution in [0.1, 0.15) is 22.5 Å². The third-order valence-electron chi connectivity index (χ3n) is 3.53. The molecule has 0 aliphatic heterocycles. The van der Waals surface area contributed by atoms with Crippen LogP contribution in [0.2, 0.25) is 10.0 Å². The van der Waals surface area contributed by atoms with E-state index in [-0.39, 0.29) is 0 Å². The number of rotatable bonds is 5. The molecule has 3 aromatic rings. The fourth-order valence-corrected chi connectivity index (χ4v) is 2.82. The van der Waals surface area contributed by atoms with Crippen molar-refractivity contribution in [3.63, 3.8) is 0 Å². The summed E-state index contributed by atoms with van der Waals surface area (Å²) in [6.07, 6.45) is 4.26. The zero-order valence-electron chi connectivity index (χ0n) is 12.6. The third kappa shape index (κ3) is 4.06. The second kappa shape index (κ2) is 7.07. The number of ether oxygens (including phenoxy) is 1. The summed E-state index contributed by atoms with van der Waals surface area (Å²) in [5.74, 6) is 1.74. The lowest BCUT2D eigenvalue weighted by molar-refractivity contribution is 0.303. The SMILES string of the molecule is Cc1ccc(OCc2ccc(Cl)cc2Cl)c(Cc2ncc[nH]2)c1. The molecule has 0 spiro atoms. The zero-order chi connectivity index (χ0) is 16.2. The van der Waals surface area contributed by atoms with Crippen LogP contribution in [0.3, 0.4) is 0 Å². The van der Waals surface area contributed by atoms with Crippen LogP contribution >= 0.6 is 23.2 Å². The maximum absolute atomic E-state index is 6.20. The van der Waals surface area contributed by atoms with Crippen molar-refractivity contribution in [3.05, 3.63) is 81.4 Å². The van der Waals surface area contributed by atoms with Crippen molar-refractivity contribution in [2.24, 2.45) is 0 Å². The van der Waals surface area contributed by atoms with Gasteiger partial charge in [-0.15, -0.1) is 0 Å². The lowest BCUT2D eigenvalue weighted by Gasteiger charge is -2.13. The van der Waals surface area contributed by atoms with Crippen LogP contribution in [0.25, 0.3) is 0 Å². The summed E-state index contributed by atoms with van der Waals surface area (Å²) < 4.78 is 5.98. The first kappa shape index (κ1) is 15.9. The smallest absolute Gasteiger partial charge is 0.123 e. The van der Waals surface area contributed by atoms with Crippen LogP contribution in [0.15, 0.2) is 48.8 Å². The van der Waals surface area contributed by atoms with Gasteiger partial charge in [0.1, 0.15) is 18.2 Å². The van der Waals surface area contributed by atoms with Crippen LogP contribution in [0.4, 0.5) is 0 Å². The first-order chi connectivity index (χ1) is 11.1. The fraction of sp³-hybridized carbons (Fsp3) is 0.167. The van der Waals surface area contributed by atoms with E-state index in [2.05, 4.69) is 23.0 Å². The molecule has 0 unspecified atom stereocenters. The standard InChI is InChI=1S/C18H16Cl2N2O/c1-12-2-5-17(14(8-12)9-18-21-6-7-22-18)23-11-13-3-4-15(19)10-16(13)20/h2-8,10H,9,11H2,1H3,(H,21,22). The molecule has 3 nitrogen and oxygen atoms in total. The van der Waals surface area contributed by atoms with Crippen molar-refractivity contribution in [1.82, 2.24) is 9.97 Å². The molecule has 0 saturated carbocycles. The van der Waals surface area contributed by atoms with Crippen molar-refractivity contribution in [1.29, 1.82) is 0 Å². The van der Waals surface area contributed by atoms with E-state index < -0.39 is 0 Å². The number of hydrogen-bond donors (Lipinski definition) is 1. The Balaban J connectivity index is 1.79. The van der Waals surface area contributed by atoms with Crippen LogP contribution in [0.5, 0.6) is 5.75 Å². The number of aromatic amines is 1. The third-order valence-corrected chi connectivity index (χ3v) is 4.11. The van der Waals surface area contributed by atoms with Gasteiger partial charge in [0.25, 0.3) is 0 Å². The van der Waals surface area contributed by atoms with E-state index in [4.69, 9.17) is 27.9 Å². The summed E-state index contributed by atoms with van der Waals surface area (Å²) in [6, 6.07) is 11.5. The van der Waals surface area contributed by atoms with E-state index in [1.54, 1.807) is 12.3 Å². The fourth-order valence-electron chi connectivity index (χ4n) is 2.36. The Kier molecular flexibility index (Phi) is 4.89. The van der Waals surface area contributed by atoms with E-state index in [0.717, 1.165) is 22.7 Å². The molecule has 0 aliphatic rings. The van der Waals surface area contributed by atoms with Gasteiger partial charge in [0, 0.05) is 40.0 Å². The van der Waals surface area contributed by atoms with Gasteiger partial charge in [0.15, 0.2) is 0 Å². The van der Waals surface area contributed by atoms with Gasteiger partial charge < -0.3 is 9.72 Å². The summed E-state index contributed by atoms with van der Waals surface area (Å²) in [6.45, 7) is 2.45. The van der Waals surface area contributed by atoms with Gasteiger partial charge in [0.2, 0.25) is 0 Å². The highest BCUT2D eigenvalue weighted by Gasteiger charge is 2.09. The topological polar surface area (TPSA) is 37.9 Å². The molecule has 0 amide bonds. The van der Waals surface area contributed by atoms with Gasteiger partial charge in [0.05, 0.1) is 0 Å². The Hall–Kier alpha value is -1.97. The molecule has 0 aliphatic carbocycles. The molecule has 1 heterocycles. The van der Waals surface area contributed by atoms with E-state index in [1.807, 2.05) is 30.5 Å². The first-order valence-electron chi connectivity index (χ1n) is 7.26. The molecule has 0 bridgehead atoms. The first-order valence-corrected chi connectivity index (χ1v) is 8.02. The van der Waals surface area contributed by atoms with E-state index in [9.17, 15) is 0 Å². The van der Waals surface area contributed by atoms with Gasteiger partial charge in [-0.2, -0.15) is 0 Å². The lowest BCUT2D eigenvalue weighted by atomic mass is 10.1. The molecule has 0 fully saturated rings. The second-order valence-corrected chi connectivity index (χ2v) is 6.19. The van der Waals surface area contributed by atoms with E-state index in [0.29, 0.717) is 23.1 Å². The number of nitrogens with one attached hydrogen (secondary N) is 1. The molecular weight excluding hydrogens is 331 g/mol. The maximum Gasteiger partial charge on any atom is 0.123 e. The van der Waals surface area contributed by atoms with Crippen LogP contribution in [-0.2, 0) is 13.0 Å². The summed E-state index contributed by atoms with van der Waals surface area (Å²) >= 11 is 12.1. The Morgan fingerprint density at radius 1 is 1.09 bits per heavy atom. The number of imidazole rings is 1. The van der Waals surface area contributed by atoms with Crippen molar-refractivity contribution in [2.75, 3.05) is 0 Å². The molecule has 1 aromatic heterocycles. The van der Waals surface area contributed by atoms with Gasteiger partial charge in [-0.25, -0.2) is 4.98 Å². The number of H-pyrrole nitrogens is 1. The maximum atomic E-state index is 6.20. The van der Waals surface area contributed by atoms with Crippen molar-refractivity contribution in [2.45, 2.75) is 20.0 Å². The number of hydrogen-bond acceptors (Lipinski definition) is 2.